The SMILES string of the molecule is CC1CC(=O)NN=C1CO. The molecule has 1 rings (SSSR count). The maximum atomic E-state index is 10.6. The Morgan fingerprint density at radius 1 is 1.90 bits per heavy atom. The van der Waals surface area contributed by atoms with E-state index in [4.69, 9.17) is 5.11 Å². The normalized spacial score (nSPS) is 25.6. The molecule has 10 heavy (non-hydrogen) atoms. The molecule has 4 nitrogen and oxygen atoms in total. The fourth-order valence-corrected chi connectivity index (χ4v) is 0.877. The van der Waals surface area contributed by atoms with Crippen LogP contribution in [0.1, 0.15) is 13.3 Å². The van der Waals surface area contributed by atoms with Crippen LogP contribution in [0.25, 0.3) is 0 Å². The number of hydrogen-bond acceptors (Lipinski definition) is 3. The van der Waals surface area contributed by atoms with Crippen molar-refractivity contribution in [3.05, 3.63) is 0 Å². The number of hydrazone groups is 1. The van der Waals surface area contributed by atoms with E-state index in [0.717, 1.165) is 0 Å². The molecule has 0 aromatic heterocycles. The lowest BCUT2D eigenvalue weighted by Crippen LogP contribution is -2.33. The van der Waals surface area contributed by atoms with Gasteiger partial charge in [-0.3, -0.25) is 4.79 Å². The van der Waals surface area contributed by atoms with Gasteiger partial charge >= 0.3 is 0 Å². The second kappa shape index (κ2) is 2.79. The average Bonchev–Trinajstić information content (AvgIpc) is 1.88. The number of hydrogen-bond donors (Lipinski definition) is 2. The number of nitrogens with zero attached hydrogens (tertiary/aromatic N) is 1. The van der Waals surface area contributed by atoms with Gasteiger partial charge in [-0.2, -0.15) is 5.10 Å². The Balaban J connectivity index is 2.65. The number of carbonyl (C=O) groups is 1. The van der Waals surface area contributed by atoms with Gasteiger partial charge in [0.2, 0.25) is 5.91 Å². The van der Waals surface area contributed by atoms with E-state index in [-0.39, 0.29) is 18.4 Å². The van der Waals surface area contributed by atoms with Gasteiger partial charge in [-0.05, 0) is 0 Å². The number of rotatable bonds is 1. The molecular weight excluding hydrogens is 132 g/mol. The van der Waals surface area contributed by atoms with E-state index in [9.17, 15) is 4.79 Å². The zero-order valence-corrected chi connectivity index (χ0v) is 5.79. The van der Waals surface area contributed by atoms with E-state index in [1.54, 1.807) is 0 Å². The van der Waals surface area contributed by atoms with Crippen molar-refractivity contribution in [3.63, 3.8) is 0 Å². The van der Waals surface area contributed by atoms with Gasteiger partial charge in [-0.1, -0.05) is 6.92 Å². The third kappa shape index (κ3) is 1.33. The van der Waals surface area contributed by atoms with Crippen LogP contribution < -0.4 is 5.43 Å². The molecule has 1 unspecified atom stereocenters. The Morgan fingerprint density at radius 3 is 3.10 bits per heavy atom. The Kier molecular flexibility index (Phi) is 2.01. The summed E-state index contributed by atoms with van der Waals surface area (Å²) in [6, 6.07) is 0. The summed E-state index contributed by atoms with van der Waals surface area (Å²) in [5.41, 5.74) is 2.95. The highest BCUT2D eigenvalue weighted by molar-refractivity contribution is 5.94. The van der Waals surface area contributed by atoms with Gasteiger partial charge in [0, 0.05) is 12.3 Å². The molecule has 0 radical (unpaired) electrons. The minimum atomic E-state index is -0.0790. The monoisotopic (exact) mass is 142 g/mol. The molecule has 0 aliphatic carbocycles. The number of nitrogens with one attached hydrogen (secondary N) is 1. The minimum Gasteiger partial charge on any atom is -0.390 e. The lowest BCUT2D eigenvalue weighted by molar-refractivity contribution is -0.121. The van der Waals surface area contributed by atoms with E-state index in [1.165, 1.54) is 0 Å². The van der Waals surface area contributed by atoms with E-state index in [0.29, 0.717) is 12.1 Å². The molecule has 4 heteroatoms. The van der Waals surface area contributed by atoms with Crippen molar-refractivity contribution in [1.29, 1.82) is 0 Å². The lowest BCUT2D eigenvalue weighted by Gasteiger charge is -2.16. The zero-order chi connectivity index (χ0) is 7.56. The van der Waals surface area contributed by atoms with Crippen LogP contribution in [0.4, 0.5) is 0 Å². The average molecular weight is 142 g/mol. The third-order valence-corrected chi connectivity index (χ3v) is 1.55. The van der Waals surface area contributed by atoms with Gasteiger partial charge in [0.15, 0.2) is 0 Å². The van der Waals surface area contributed by atoms with E-state index in [1.807, 2.05) is 6.92 Å². The summed E-state index contributed by atoms with van der Waals surface area (Å²) >= 11 is 0. The first-order valence-corrected chi connectivity index (χ1v) is 3.20. The molecule has 1 atom stereocenters. The smallest absolute Gasteiger partial charge is 0.240 e. The van der Waals surface area contributed by atoms with Crippen LogP contribution >= 0.6 is 0 Å². The van der Waals surface area contributed by atoms with Crippen molar-refractivity contribution in [1.82, 2.24) is 5.43 Å². The lowest BCUT2D eigenvalue weighted by atomic mass is 10.0. The molecule has 1 aliphatic rings. The van der Waals surface area contributed by atoms with Gasteiger partial charge in [0.25, 0.3) is 0 Å². The van der Waals surface area contributed by atoms with Crippen LogP contribution in [0.3, 0.4) is 0 Å². The number of amides is 1. The maximum absolute atomic E-state index is 10.6. The molecule has 2 N–H and O–H groups in total. The number of aliphatic hydroxyl groups is 1. The molecule has 1 amide bonds. The molecule has 56 valence electrons. The van der Waals surface area contributed by atoms with Gasteiger partial charge in [-0.15, -0.1) is 0 Å². The Hall–Kier alpha value is -0.900. The first-order valence-electron chi connectivity index (χ1n) is 3.20. The number of carbonyl (C=O) groups excluding carboxylic acids is 1. The molecular formula is C6H10N2O2. The van der Waals surface area contributed by atoms with Crippen molar-refractivity contribution in [2.75, 3.05) is 6.61 Å². The maximum Gasteiger partial charge on any atom is 0.240 e. The van der Waals surface area contributed by atoms with Crippen molar-refractivity contribution in [3.8, 4) is 0 Å². The van der Waals surface area contributed by atoms with Crippen LogP contribution in [0.15, 0.2) is 5.10 Å². The van der Waals surface area contributed by atoms with Crippen molar-refractivity contribution >= 4 is 11.6 Å². The highest BCUT2D eigenvalue weighted by Gasteiger charge is 2.18. The topological polar surface area (TPSA) is 61.7 Å². The van der Waals surface area contributed by atoms with Crippen LogP contribution in [0.2, 0.25) is 0 Å². The predicted molar refractivity (Wildman–Crippen MR) is 36.4 cm³/mol. The summed E-state index contributed by atoms with van der Waals surface area (Å²) in [5.74, 6) is 0.00319. The Labute approximate surface area is 58.9 Å². The highest BCUT2D eigenvalue weighted by Crippen LogP contribution is 2.07. The van der Waals surface area contributed by atoms with Crippen molar-refractivity contribution in [2.45, 2.75) is 13.3 Å². The summed E-state index contributed by atoms with van der Waals surface area (Å²) < 4.78 is 0. The molecule has 0 saturated carbocycles. The quantitative estimate of drug-likeness (QED) is 0.518. The van der Waals surface area contributed by atoms with Crippen molar-refractivity contribution < 1.29 is 9.90 Å². The fourth-order valence-electron chi connectivity index (χ4n) is 0.877. The van der Waals surface area contributed by atoms with E-state index in [2.05, 4.69) is 10.5 Å². The first-order chi connectivity index (χ1) is 4.74. The zero-order valence-electron chi connectivity index (χ0n) is 5.79. The highest BCUT2D eigenvalue weighted by atomic mass is 16.3. The molecule has 0 aromatic rings. The van der Waals surface area contributed by atoms with Crippen LogP contribution in [-0.4, -0.2) is 23.3 Å². The molecule has 1 heterocycles. The summed E-state index contributed by atoms with van der Waals surface area (Å²) in [6.07, 6.45) is 0.430. The molecule has 0 bridgehead atoms. The largest absolute Gasteiger partial charge is 0.390 e. The molecule has 0 fully saturated rings. The van der Waals surface area contributed by atoms with Crippen molar-refractivity contribution in [2.24, 2.45) is 11.0 Å². The van der Waals surface area contributed by atoms with Gasteiger partial charge in [0.05, 0.1) is 12.3 Å². The first kappa shape index (κ1) is 7.21. The molecule has 0 spiro atoms. The number of aliphatic hydroxyl groups excluding tert-OH is 1. The fraction of sp³-hybridized carbons (Fsp3) is 0.667. The molecule has 0 aromatic carbocycles. The summed E-state index contributed by atoms with van der Waals surface area (Å²) in [5, 5.41) is 12.3. The van der Waals surface area contributed by atoms with Crippen LogP contribution in [-0.2, 0) is 4.79 Å². The summed E-state index contributed by atoms with van der Waals surface area (Å²) in [6.45, 7) is 1.80. The summed E-state index contributed by atoms with van der Waals surface area (Å²) in [7, 11) is 0. The van der Waals surface area contributed by atoms with E-state index >= 15 is 0 Å². The minimum absolute atomic E-state index is 0.0680. The van der Waals surface area contributed by atoms with Gasteiger partial charge in [0.1, 0.15) is 0 Å². The van der Waals surface area contributed by atoms with Crippen LogP contribution in [0, 0.1) is 5.92 Å². The second-order valence-electron chi connectivity index (χ2n) is 2.40. The molecule has 0 saturated heterocycles. The summed E-state index contributed by atoms with van der Waals surface area (Å²) in [4.78, 5) is 10.6. The second-order valence-corrected chi connectivity index (χ2v) is 2.40. The van der Waals surface area contributed by atoms with Gasteiger partial charge < -0.3 is 5.11 Å². The standard InChI is InChI=1S/C6H10N2O2/c1-4-2-6(10)8-7-5(4)3-9/h4,9H,2-3H2,1H3,(H,8,10). The Bertz CT molecular complexity index is 177. The third-order valence-electron chi connectivity index (χ3n) is 1.55. The van der Waals surface area contributed by atoms with Gasteiger partial charge in [-0.25, -0.2) is 5.43 Å². The predicted octanol–water partition coefficient (Wildman–Crippen LogP) is -0.509. The van der Waals surface area contributed by atoms with E-state index < -0.39 is 0 Å². The Morgan fingerprint density at radius 2 is 2.60 bits per heavy atom. The molecule has 1 aliphatic heterocycles. The van der Waals surface area contributed by atoms with Crippen LogP contribution in [0.5, 0.6) is 0 Å².